The van der Waals surface area contributed by atoms with Crippen LogP contribution in [0.4, 0.5) is 0 Å². The average Bonchev–Trinajstić information content (AvgIpc) is 3.31. The highest BCUT2D eigenvalue weighted by atomic mass is 35.5. The number of rotatable bonds is 1. The van der Waals surface area contributed by atoms with Gasteiger partial charge in [0.05, 0.1) is 5.41 Å². The summed E-state index contributed by atoms with van der Waals surface area (Å²) < 4.78 is 0. The van der Waals surface area contributed by atoms with Gasteiger partial charge in [-0.25, -0.2) is 0 Å². The van der Waals surface area contributed by atoms with Crippen LogP contribution in [0.2, 0.25) is 5.02 Å². The van der Waals surface area contributed by atoms with Crippen LogP contribution in [0.1, 0.15) is 33.4 Å². The summed E-state index contributed by atoms with van der Waals surface area (Å²) in [6.07, 6.45) is 0. The molecule has 7 rings (SSSR count). The molecule has 5 aromatic carbocycles. The molecular weight excluding hydrogens is 432 g/mol. The van der Waals surface area contributed by atoms with E-state index in [9.17, 15) is 0 Å². The molecule has 0 heterocycles. The topological polar surface area (TPSA) is 0 Å². The zero-order valence-corrected chi connectivity index (χ0v) is 19.9. The van der Waals surface area contributed by atoms with E-state index in [4.69, 9.17) is 11.6 Å². The first kappa shape index (κ1) is 19.8. The van der Waals surface area contributed by atoms with Crippen LogP contribution in [0.3, 0.4) is 0 Å². The van der Waals surface area contributed by atoms with Gasteiger partial charge in [-0.3, -0.25) is 0 Å². The van der Waals surface area contributed by atoms with Crippen molar-refractivity contribution in [1.29, 1.82) is 0 Å². The molecule has 2 aliphatic carbocycles. The molecule has 0 aromatic heterocycles. The van der Waals surface area contributed by atoms with Crippen LogP contribution in [0.5, 0.6) is 0 Å². The third-order valence-corrected chi connectivity index (χ3v) is 7.92. The minimum atomic E-state index is -0.342. The minimum absolute atomic E-state index is 0.342. The average molecular weight is 455 g/mol. The molecule has 0 amide bonds. The quantitative estimate of drug-likeness (QED) is 0.232. The molecule has 0 fully saturated rings. The highest BCUT2D eigenvalue weighted by Crippen LogP contribution is 2.64. The fraction of sp³-hybridized carbons (Fsp3) is 0.0909. The van der Waals surface area contributed by atoms with Gasteiger partial charge in [0.2, 0.25) is 0 Å². The second-order valence-electron chi connectivity index (χ2n) is 9.63. The van der Waals surface area contributed by atoms with E-state index in [1.165, 1.54) is 66.8 Å². The lowest BCUT2D eigenvalue weighted by Crippen LogP contribution is -2.27. The molecule has 1 spiro atoms. The van der Waals surface area contributed by atoms with Gasteiger partial charge < -0.3 is 0 Å². The fourth-order valence-corrected chi connectivity index (χ4v) is 6.47. The maximum atomic E-state index is 6.28. The smallest absolute Gasteiger partial charge is 0.0731 e. The van der Waals surface area contributed by atoms with E-state index in [0.29, 0.717) is 0 Å². The van der Waals surface area contributed by atoms with Gasteiger partial charge in [-0.2, -0.15) is 0 Å². The van der Waals surface area contributed by atoms with Crippen molar-refractivity contribution >= 4 is 11.6 Å². The Labute approximate surface area is 205 Å². The van der Waals surface area contributed by atoms with E-state index < -0.39 is 0 Å². The SMILES string of the molecule is Cc1ccc2c(c1)C1(c3cc(C)ccc3-2)c2ccccc2-c2cccc(-c3ccc(Cl)cc3)c21. The molecule has 0 bridgehead atoms. The summed E-state index contributed by atoms with van der Waals surface area (Å²) in [7, 11) is 0. The summed E-state index contributed by atoms with van der Waals surface area (Å²) in [5, 5.41) is 0.761. The Morgan fingerprint density at radius 2 is 1.06 bits per heavy atom. The number of hydrogen-bond acceptors (Lipinski definition) is 0. The summed E-state index contributed by atoms with van der Waals surface area (Å²) in [6, 6.07) is 38.0. The molecular formula is C33H23Cl. The number of halogens is 1. The van der Waals surface area contributed by atoms with E-state index in [1.54, 1.807) is 0 Å². The van der Waals surface area contributed by atoms with Crippen molar-refractivity contribution in [3.05, 3.63) is 142 Å². The lowest BCUT2D eigenvalue weighted by molar-refractivity contribution is 0.793. The molecule has 0 N–H and O–H groups in total. The van der Waals surface area contributed by atoms with E-state index in [-0.39, 0.29) is 5.41 Å². The highest BCUT2D eigenvalue weighted by molar-refractivity contribution is 6.30. The zero-order chi connectivity index (χ0) is 23.0. The number of fused-ring (bicyclic) bond motifs is 10. The van der Waals surface area contributed by atoms with Crippen LogP contribution in [0.15, 0.2) is 103 Å². The van der Waals surface area contributed by atoms with Crippen LogP contribution in [-0.4, -0.2) is 0 Å². The Kier molecular flexibility index (Phi) is 4.05. The molecule has 2 aliphatic rings. The number of hydrogen-bond donors (Lipinski definition) is 0. The summed E-state index contributed by atoms with van der Waals surface area (Å²) >= 11 is 6.28. The van der Waals surface area contributed by atoms with Gasteiger partial charge in [-0.05, 0) is 81.6 Å². The molecule has 0 nitrogen and oxygen atoms in total. The van der Waals surface area contributed by atoms with E-state index in [1.807, 2.05) is 12.1 Å². The molecule has 1 heteroatoms. The van der Waals surface area contributed by atoms with Crippen LogP contribution >= 0.6 is 11.6 Å². The van der Waals surface area contributed by atoms with Crippen molar-refractivity contribution in [2.45, 2.75) is 19.3 Å². The normalized spacial score (nSPS) is 14.0. The maximum absolute atomic E-state index is 6.28. The zero-order valence-electron chi connectivity index (χ0n) is 19.2. The number of aryl methyl sites for hydroxylation is 2. The molecule has 0 aliphatic heterocycles. The highest BCUT2D eigenvalue weighted by Gasteiger charge is 2.52. The van der Waals surface area contributed by atoms with Crippen molar-refractivity contribution in [3.8, 4) is 33.4 Å². The van der Waals surface area contributed by atoms with Gasteiger partial charge in [0.15, 0.2) is 0 Å². The van der Waals surface area contributed by atoms with Crippen molar-refractivity contribution in [2.75, 3.05) is 0 Å². The Hall–Kier alpha value is -3.61. The standard InChI is InChI=1S/C33H23Cl/c1-20-10-16-26-27-17-11-21(2)19-31(27)33(30(26)18-20)29-9-4-3-6-25(29)28-8-5-7-24(32(28)33)22-12-14-23(34)15-13-22/h3-19H,1-2H3. The third-order valence-electron chi connectivity index (χ3n) is 7.66. The first-order valence-electron chi connectivity index (χ1n) is 11.8. The molecule has 0 atom stereocenters. The molecule has 34 heavy (non-hydrogen) atoms. The van der Waals surface area contributed by atoms with Gasteiger partial charge in [0, 0.05) is 5.02 Å². The van der Waals surface area contributed by atoms with Crippen molar-refractivity contribution in [1.82, 2.24) is 0 Å². The fourth-order valence-electron chi connectivity index (χ4n) is 6.34. The largest absolute Gasteiger partial charge is 0.0843 e. The van der Waals surface area contributed by atoms with Crippen molar-refractivity contribution in [2.24, 2.45) is 0 Å². The van der Waals surface area contributed by atoms with Gasteiger partial charge in [-0.15, -0.1) is 0 Å². The molecule has 5 aromatic rings. The van der Waals surface area contributed by atoms with Crippen LogP contribution in [-0.2, 0) is 5.41 Å². The Bertz CT molecular complexity index is 1570. The molecule has 0 radical (unpaired) electrons. The maximum Gasteiger partial charge on any atom is 0.0731 e. The minimum Gasteiger partial charge on any atom is -0.0843 e. The molecule has 162 valence electrons. The molecule has 0 saturated heterocycles. The summed E-state index contributed by atoms with van der Waals surface area (Å²) in [5.41, 5.74) is 15.6. The predicted octanol–water partition coefficient (Wildman–Crippen LogP) is 8.97. The lowest BCUT2D eigenvalue weighted by Gasteiger charge is -2.32. The van der Waals surface area contributed by atoms with Gasteiger partial charge in [0.25, 0.3) is 0 Å². The summed E-state index contributed by atoms with van der Waals surface area (Å²) in [5.74, 6) is 0. The van der Waals surface area contributed by atoms with Gasteiger partial charge in [-0.1, -0.05) is 114 Å². The van der Waals surface area contributed by atoms with Crippen molar-refractivity contribution in [3.63, 3.8) is 0 Å². The van der Waals surface area contributed by atoms with Crippen LogP contribution < -0.4 is 0 Å². The monoisotopic (exact) mass is 454 g/mol. The Balaban J connectivity index is 1.70. The Morgan fingerprint density at radius 3 is 1.74 bits per heavy atom. The van der Waals surface area contributed by atoms with E-state index >= 15 is 0 Å². The van der Waals surface area contributed by atoms with E-state index in [2.05, 4.69) is 105 Å². The predicted molar refractivity (Wildman–Crippen MR) is 143 cm³/mol. The third kappa shape index (κ3) is 2.44. The summed E-state index contributed by atoms with van der Waals surface area (Å²) in [6.45, 7) is 4.41. The first-order chi connectivity index (χ1) is 16.6. The second kappa shape index (κ2) is 6.95. The second-order valence-corrected chi connectivity index (χ2v) is 10.1. The van der Waals surface area contributed by atoms with Gasteiger partial charge >= 0.3 is 0 Å². The first-order valence-corrected chi connectivity index (χ1v) is 12.2. The van der Waals surface area contributed by atoms with E-state index in [0.717, 1.165) is 5.02 Å². The molecule has 0 unspecified atom stereocenters. The molecule has 0 saturated carbocycles. The Morgan fingerprint density at radius 1 is 0.500 bits per heavy atom. The van der Waals surface area contributed by atoms with Crippen LogP contribution in [0.25, 0.3) is 33.4 Å². The lowest BCUT2D eigenvalue weighted by atomic mass is 9.68. The van der Waals surface area contributed by atoms with Crippen LogP contribution in [0, 0.1) is 13.8 Å². The summed E-state index contributed by atoms with van der Waals surface area (Å²) in [4.78, 5) is 0. The number of benzene rings is 5. The van der Waals surface area contributed by atoms with Crippen molar-refractivity contribution < 1.29 is 0 Å². The van der Waals surface area contributed by atoms with Gasteiger partial charge in [0.1, 0.15) is 0 Å².